The van der Waals surface area contributed by atoms with Gasteiger partial charge in [-0.25, -0.2) is 0 Å². The predicted octanol–water partition coefficient (Wildman–Crippen LogP) is 4.10. The average Bonchev–Trinajstić information content (AvgIpc) is 2.73. The van der Waals surface area contributed by atoms with Gasteiger partial charge < -0.3 is 10.2 Å². The van der Waals surface area contributed by atoms with Gasteiger partial charge in [0.25, 0.3) is 0 Å². The first kappa shape index (κ1) is 20.1. The predicted molar refractivity (Wildman–Crippen MR) is 112 cm³/mol. The second-order valence-electron chi connectivity index (χ2n) is 7.69. The second-order valence-corrected chi connectivity index (χ2v) is 7.69. The standard InChI is InChI=1S/C24H30N2O2/c1-19(24(28)25-22-15-9-4-10-16-22)26(18-21-13-7-3-8-14-21)23(27)17-20-11-5-2-6-12-20/h2-3,5-8,11-14,19,22H,4,9-10,15-18H2,1H3,(H,25,28). The molecule has 0 bridgehead atoms. The molecule has 2 aromatic rings. The lowest BCUT2D eigenvalue weighted by Gasteiger charge is -2.31. The third-order valence-electron chi connectivity index (χ3n) is 5.51. The molecule has 0 saturated heterocycles. The fourth-order valence-electron chi connectivity index (χ4n) is 3.80. The van der Waals surface area contributed by atoms with E-state index in [2.05, 4.69) is 5.32 Å². The molecular formula is C24H30N2O2. The summed E-state index contributed by atoms with van der Waals surface area (Å²) in [6.45, 7) is 2.27. The Morgan fingerprint density at radius 3 is 2.11 bits per heavy atom. The van der Waals surface area contributed by atoms with Crippen molar-refractivity contribution in [2.45, 2.75) is 64.1 Å². The van der Waals surface area contributed by atoms with E-state index in [-0.39, 0.29) is 17.9 Å². The molecule has 1 N–H and O–H groups in total. The van der Waals surface area contributed by atoms with E-state index >= 15 is 0 Å². The summed E-state index contributed by atoms with van der Waals surface area (Å²) in [5, 5.41) is 3.17. The fourth-order valence-corrected chi connectivity index (χ4v) is 3.80. The topological polar surface area (TPSA) is 49.4 Å². The maximum atomic E-state index is 13.1. The van der Waals surface area contributed by atoms with E-state index in [4.69, 9.17) is 0 Å². The van der Waals surface area contributed by atoms with E-state index in [1.54, 1.807) is 4.90 Å². The number of nitrogens with zero attached hydrogens (tertiary/aromatic N) is 1. The van der Waals surface area contributed by atoms with Crippen LogP contribution in [0, 0.1) is 0 Å². The summed E-state index contributed by atoms with van der Waals surface area (Å²) >= 11 is 0. The minimum Gasteiger partial charge on any atom is -0.352 e. The van der Waals surface area contributed by atoms with E-state index in [0.29, 0.717) is 13.0 Å². The first-order chi connectivity index (χ1) is 13.6. The number of rotatable bonds is 7. The Morgan fingerprint density at radius 1 is 0.929 bits per heavy atom. The van der Waals surface area contributed by atoms with Crippen LogP contribution in [-0.4, -0.2) is 28.8 Å². The Balaban J connectivity index is 1.72. The Hall–Kier alpha value is -2.62. The molecule has 1 atom stereocenters. The van der Waals surface area contributed by atoms with Crippen LogP contribution in [0.15, 0.2) is 60.7 Å². The first-order valence-corrected chi connectivity index (χ1v) is 10.3. The van der Waals surface area contributed by atoms with Gasteiger partial charge >= 0.3 is 0 Å². The maximum Gasteiger partial charge on any atom is 0.242 e. The van der Waals surface area contributed by atoms with Gasteiger partial charge in [0.15, 0.2) is 0 Å². The zero-order valence-electron chi connectivity index (χ0n) is 16.6. The highest BCUT2D eigenvalue weighted by Crippen LogP contribution is 2.18. The van der Waals surface area contributed by atoms with Crippen molar-refractivity contribution in [3.63, 3.8) is 0 Å². The Labute approximate surface area is 167 Å². The summed E-state index contributed by atoms with van der Waals surface area (Å²) < 4.78 is 0. The van der Waals surface area contributed by atoms with E-state index in [9.17, 15) is 9.59 Å². The van der Waals surface area contributed by atoms with Crippen molar-refractivity contribution in [3.8, 4) is 0 Å². The van der Waals surface area contributed by atoms with Gasteiger partial charge in [0, 0.05) is 12.6 Å². The highest BCUT2D eigenvalue weighted by molar-refractivity contribution is 5.88. The molecule has 148 valence electrons. The van der Waals surface area contributed by atoms with E-state index in [0.717, 1.165) is 24.0 Å². The van der Waals surface area contributed by atoms with Crippen molar-refractivity contribution < 1.29 is 9.59 Å². The van der Waals surface area contributed by atoms with E-state index in [1.165, 1.54) is 19.3 Å². The molecule has 28 heavy (non-hydrogen) atoms. The molecule has 0 heterocycles. The normalized spacial score (nSPS) is 15.6. The molecule has 1 saturated carbocycles. The van der Waals surface area contributed by atoms with Crippen molar-refractivity contribution >= 4 is 11.8 Å². The molecule has 0 radical (unpaired) electrons. The van der Waals surface area contributed by atoms with Gasteiger partial charge in [0.1, 0.15) is 6.04 Å². The summed E-state index contributed by atoms with van der Waals surface area (Å²) in [4.78, 5) is 27.7. The number of amides is 2. The lowest BCUT2D eigenvalue weighted by Crippen LogP contribution is -2.50. The largest absolute Gasteiger partial charge is 0.352 e. The monoisotopic (exact) mass is 378 g/mol. The number of nitrogens with one attached hydrogen (secondary N) is 1. The smallest absolute Gasteiger partial charge is 0.242 e. The lowest BCUT2D eigenvalue weighted by atomic mass is 9.95. The summed E-state index contributed by atoms with van der Waals surface area (Å²) in [6, 6.07) is 19.3. The lowest BCUT2D eigenvalue weighted by molar-refractivity contribution is -0.140. The zero-order valence-corrected chi connectivity index (χ0v) is 16.6. The van der Waals surface area contributed by atoms with Gasteiger partial charge in [-0.1, -0.05) is 79.9 Å². The number of hydrogen-bond acceptors (Lipinski definition) is 2. The molecule has 0 aliphatic heterocycles. The third-order valence-corrected chi connectivity index (χ3v) is 5.51. The summed E-state index contributed by atoms with van der Waals surface area (Å²) in [5.74, 6) is -0.0782. The van der Waals surface area contributed by atoms with Gasteiger partial charge in [-0.2, -0.15) is 0 Å². The van der Waals surface area contributed by atoms with Gasteiger partial charge in [-0.05, 0) is 30.9 Å². The van der Waals surface area contributed by atoms with Crippen molar-refractivity contribution in [2.75, 3.05) is 0 Å². The molecule has 4 nitrogen and oxygen atoms in total. The summed E-state index contributed by atoms with van der Waals surface area (Å²) in [7, 11) is 0. The Morgan fingerprint density at radius 2 is 1.50 bits per heavy atom. The molecule has 1 unspecified atom stereocenters. The Bertz CT molecular complexity index is 755. The van der Waals surface area contributed by atoms with Crippen LogP contribution in [0.5, 0.6) is 0 Å². The minimum absolute atomic E-state index is 0.0265. The van der Waals surface area contributed by atoms with Gasteiger partial charge in [-0.3, -0.25) is 9.59 Å². The van der Waals surface area contributed by atoms with Crippen LogP contribution in [0.2, 0.25) is 0 Å². The molecule has 4 heteroatoms. The van der Waals surface area contributed by atoms with Crippen LogP contribution < -0.4 is 5.32 Å². The zero-order chi connectivity index (χ0) is 19.8. The van der Waals surface area contributed by atoms with E-state index in [1.807, 2.05) is 67.6 Å². The van der Waals surface area contributed by atoms with E-state index < -0.39 is 6.04 Å². The summed E-state index contributed by atoms with van der Waals surface area (Å²) in [6.07, 6.45) is 5.95. The second kappa shape index (κ2) is 10.1. The van der Waals surface area contributed by atoms with Crippen LogP contribution in [0.1, 0.15) is 50.2 Å². The van der Waals surface area contributed by atoms with Crippen molar-refractivity contribution in [1.82, 2.24) is 10.2 Å². The first-order valence-electron chi connectivity index (χ1n) is 10.3. The van der Waals surface area contributed by atoms with Crippen LogP contribution in [-0.2, 0) is 22.6 Å². The molecule has 2 amide bonds. The van der Waals surface area contributed by atoms with Crippen molar-refractivity contribution in [1.29, 1.82) is 0 Å². The van der Waals surface area contributed by atoms with Crippen molar-refractivity contribution in [2.24, 2.45) is 0 Å². The van der Waals surface area contributed by atoms with Crippen LogP contribution in [0.3, 0.4) is 0 Å². The number of carbonyl (C=O) groups excluding carboxylic acids is 2. The maximum absolute atomic E-state index is 13.1. The number of benzene rings is 2. The highest BCUT2D eigenvalue weighted by Gasteiger charge is 2.28. The number of hydrogen-bond donors (Lipinski definition) is 1. The van der Waals surface area contributed by atoms with Crippen LogP contribution in [0.4, 0.5) is 0 Å². The minimum atomic E-state index is -0.502. The van der Waals surface area contributed by atoms with Gasteiger partial charge in [-0.15, -0.1) is 0 Å². The molecule has 1 aliphatic rings. The molecule has 0 aromatic heterocycles. The molecule has 1 aliphatic carbocycles. The van der Waals surface area contributed by atoms with Crippen molar-refractivity contribution in [3.05, 3.63) is 71.8 Å². The number of carbonyl (C=O) groups is 2. The third kappa shape index (κ3) is 5.69. The summed E-state index contributed by atoms with van der Waals surface area (Å²) in [5.41, 5.74) is 1.99. The molecule has 3 rings (SSSR count). The molecule has 2 aromatic carbocycles. The average molecular weight is 379 g/mol. The quantitative estimate of drug-likeness (QED) is 0.789. The van der Waals surface area contributed by atoms with Crippen LogP contribution >= 0.6 is 0 Å². The molecule has 1 fully saturated rings. The van der Waals surface area contributed by atoms with Crippen LogP contribution in [0.25, 0.3) is 0 Å². The van der Waals surface area contributed by atoms with Gasteiger partial charge in [0.2, 0.25) is 11.8 Å². The molecular weight excluding hydrogens is 348 g/mol. The fraction of sp³-hybridized carbons (Fsp3) is 0.417. The van der Waals surface area contributed by atoms with Gasteiger partial charge in [0.05, 0.1) is 6.42 Å². The highest BCUT2D eigenvalue weighted by atomic mass is 16.2. The SMILES string of the molecule is CC(C(=O)NC1CCCCC1)N(Cc1ccccc1)C(=O)Cc1ccccc1. The Kier molecular flexibility index (Phi) is 7.24. The molecule has 0 spiro atoms.